The van der Waals surface area contributed by atoms with Gasteiger partial charge in [0.2, 0.25) is 0 Å². The SMILES string of the molecule is COC(=O)C1(Cc2cc(Br)cs2)CCCN1C(=O)OC(C)(C)C. The van der Waals surface area contributed by atoms with E-state index in [0.29, 0.717) is 19.4 Å². The normalized spacial score (nSPS) is 21.3. The van der Waals surface area contributed by atoms with Gasteiger partial charge in [0.15, 0.2) is 0 Å². The zero-order valence-corrected chi connectivity index (χ0v) is 16.3. The molecule has 1 saturated heterocycles. The molecule has 0 spiro atoms. The molecule has 1 fully saturated rings. The van der Waals surface area contributed by atoms with Crippen LogP contribution in [-0.4, -0.2) is 41.8 Å². The number of carbonyl (C=O) groups excluding carboxylic acids is 2. The van der Waals surface area contributed by atoms with Gasteiger partial charge in [0, 0.05) is 27.7 Å². The first-order valence-electron chi connectivity index (χ1n) is 7.50. The van der Waals surface area contributed by atoms with E-state index in [-0.39, 0.29) is 5.97 Å². The maximum atomic E-state index is 12.6. The van der Waals surface area contributed by atoms with Gasteiger partial charge in [-0.2, -0.15) is 0 Å². The van der Waals surface area contributed by atoms with Crippen LogP contribution in [0.15, 0.2) is 15.9 Å². The van der Waals surface area contributed by atoms with Gasteiger partial charge in [-0.15, -0.1) is 11.3 Å². The summed E-state index contributed by atoms with van der Waals surface area (Å²) in [5.41, 5.74) is -1.59. The Kier molecular flexibility index (Phi) is 5.41. The first-order valence-corrected chi connectivity index (χ1v) is 9.17. The highest BCUT2D eigenvalue weighted by Gasteiger charge is 2.52. The highest BCUT2D eigenvalue weighted by molar-refractivity contribution is 9.10. The molecule has 1 amide bonds. The number of likely N-dealkylation sites (tertiary alicyclic amines) is 1. The van der Waals surface area contributed by atoms with Crippen LogP contribution in [0.2, 0.25) is 0 Å². The molecule has 1 aromatic heterocycles. The maximum Gasteiger partial charge on any atom is 0.411 e. The number of hydrogen-bond acceptors (Lipinski definition) is 5. The Morgan fingerprint density at radius 1 is 1.43 bits per heavy atom. The molecular formula is C16H22BrNO4S. The summed E-state index contributed by atoms with van der Waals surface area (Å²) in [5.74, 6) is -0.384. The second-order valence-electron chi connectivity index (χ2n) is 6.67. The minimum absolute atomic E-state index is 0.384. The third-order valence-electron chi connectivity index (χ3n) is 3.76. The number of hydrogen-bond donors (Lipinski definition) is 0. The first kappa shape index (κ1) is 18.3. The Morgan fingerprint density at radius 2 is 2.13 bits per heavy atom. The predicted octanol–water partition coefficient (Wildman–Crippen LogP) is 4.00. The molecule has 0 saturated carbocycles. The molecule has 0 bridgehead atoms. The number of carbonyl (C=O) groups is 2. The number of halogens is 1. The lowest BCUT2D eigenvalue weighted by Crippen LogP contribution is -2.56. The van der Waals surface area contributed by atoms with Crippen molar-refractivity contribution in [3.8, 4) is 0 Å². The Hall–Kier alpha value is -1.08. The van der Waals surface area contributed by atoms with E-state index in [1.54, 1.807) is 11.3 Å². The van der Waals surface area contributed by atoms with Crippen LogP contribution in [0, 0.1) is 0 Å². The second kappa shape index (κ2) is 6.81. The maximum absolute atomic E-state index is 12.6. The van der Waals surface area contributed by atoms with Crippen LogP contribution in [0.25, 0.3) is 0 Å². The molecule has 128 valence electrons. The summed E-state index contributed by atoms with van der Waals surface area (Å²) < 4.78 is 11.5. The number of amides is 1. The third kappa shape index (κ3) is 4.07. The van der Waals surface area contributed by atoms with Crippen molar-refractivity contribution in [2.75, 3.05) is 13.7 Å². The van der Waals surface area contributed by atoms with Gasteiger partial charge in [0.25, 0.3) is 0 Å². The molecule has 1 atom stereocenters. The Bertz CT molecular complexity index is 595. The number of thiophene rings is 1. The van der Waals surface area contributed by atoms with Crippen LogP contribution >= 0.6 is 27.3 Å². The Morgan fingerprint density at radius 3 is 2.65 bits per heavy atom. The average Bonchev–Trinajstić information content (AvgIpc) is 3.03. The van der Waals surface area contributed by atoms with Crippen LogP contribution < -0.4 is 0 Å². The molecule has 1 unspecified atom stereocenters. The lowest BCUT2D eigenvalue weighted by atomic mass is 9.91. The van der Waals surface area contributed by atoms with Crippen LogP contribution in [0.1, 0.15) is 38.5 Å². The zero-order valence-electron chi connectivity index (χ0n) is 13.8. The van der Waals surface area contributed by atoms with E-state index in [1.807, 2.05) is 32.2 Å². The van der Waals surface area contributed by atoms with Crippen LogP contribution in [0.3, 0.4) is 0 Å². The van der Waals surface area contributed by atoms with Crippen molar-refractivity contribution >= 4 is 39.3 Å². The van der Waals surface area contributed by atoms with Crippen molar-refractivity contribution in [3.63, 3.8) is 0 Å². The van der Waals surface area contributed by atoms with E-state index in [2.05, 4.69) is 15.9 Å². The summed E-state index contributed by atoms with van der Waals surface area (Å²) >= 11 is 4.98. The molecule has 1 aromatic rings. The molecular weight excluding hydrogens is 382 g/mol. The van der Waals surface area contributed by atoms with Gasteiger partial charge in [-0.05, 0) is 55.6 Å². The van der Waals surface area contributed by atoms with Gasteiger partial charge in [0.05, 0.1) is 7.11 Å². The standard InChI is InChI=1S/C16H22BrNO4S/c1-15(2,3)22-14(20)18-7-5-6-16(18,13(19)21-4)9-12-8-11(17)10-23-12/h8,10H,5-7,9H2,1-4H3. The van der Waals surface area contributed by atoms with Crippen molar-refractivity contribution in [2.45, 2.75) is 51.2 Å². The molecule has 0 aromatic carbocycles. The van der Waals surface area contributed by atoms with E-state index < -0.39 is 17.2 Å². The Balaban J connectivity index is 2.32. The Labute approximate surface area is 149 Å². The summed E-state index contributed by atoms with van der Waals surface area (Å²) in [6, 6.07) is 1.97. The molecule has 2 rings (SSSR count). The first-order chi connectivity index (χ1) is 10.7. The quantitative estimate of drug-likeness (QED) is 0.715. The molecule has 23 heavy (non-hydrogen) atoms. The fraction of sp³-hybridized carbons (Fsp3) is 0.625. The van der Waals surface area contributed by atoms with Gasteiger partial charge < -0.3 is 9.47 Å². The fourth-order valence-electron chi connectivity index (χ4n) is 2.85. The van der Waals surface area contributed by atoms with E-state index in [9.17, 15) is 9.59 Å². The number of nitrogens with zero attached hydrogens (tertiary/aromatic N) is 1. The summed E-state index contributed by atoms with van der Waals surface area (Å²) in [4.78, 5) is 27.7. The predicted molar refractivity (Wildman–Crippen MR) is 92.6 cm³/mol. The molecule has 1 aliphatic heterocycles. The lowest BCUT2D eigenvalue weighted by molar-refractivity contribution is -0.153. The van der Waals surface area contributed by atoms with Gasteiger partial charge in [-0.25, -0.2) is 9.59 Å². The largest absolute Gasteiger partial charge is 0.467 e. The third-order valence-corrected chi connectivity index (χ3v) is 5.45. The van der Waals surface area contributed by atoms with Gasteiger partial charge in [0.1, 0.15) is 11.1 Å². The monoisotopic (exact) mass is 403 g/mol. The number of ether oxygens (including phenoxy) is 2. The summed E-state index contributed by atoms with van der Waals surface area (Å²) in [6.45, 7) is 5.95. The van der Waals surface area contributed by atoms with Gasteiger partial charge in [-0.3, -0.25) is 4.90 Å². The van der Waals surface area contributed by atoms with Gasteiger partial charge in [-0.1, -0.05) is 0 Å². The smallest absolute Gasteiger partial charge is 0.411 e. The summed E-state index contributed by atoms with van der Waals surface area (Å²) in [6.07, 6.45) is 1.31. The highest BCUT2D eigenvalue weighted by atomic mass is 79.9. The van der Waals surface area contributed by atoms with E-state index >= 15 is 0 Å². The highest BCUT2D eigenvalue weighted by Crippen LogP contribution is 2.37. The van der Waals surface area contributed by atoms with Crippen molar-refractivity contribution in [3.05, 3.63) is 20.8 Å². The minimum Gasteiger partial charge on any atom is -0.467 e. The number of esters is 1. The van der Waals surface area contributed by atoms with Crippen LogP contribution in [0.5, 0.6) is 0 Å². The molecule has 0 radical (unpaired) electrons. The molecule has 0 aliphatic carbocycles. The minimum atomic E-state index is -0.985. The number of methoxy groups -OCH3 is 1. The van der Waals surface area contributed by atoms with Gasteiger partial charge >= 0.3 is 12.1 Å². The molecule has 2 heterocycles. The van der Waals surface area contributed by atoms with E-state index in [1.165, 1.54) is 12.0 Å². The molecule has 0 N–H and O–H groups in total. The van der Waals surface area contributed by atoms with Crippen molar-refractivity contribution in [1.82, 2.24) is 4.90 Å². The number of rotatable bonds is 3. The summed E-state index contributed by atoms with van der Waals surface area (Å²) in [5, 5.41) is 1.97. The molecule has 5 nitrogen and oxygen atoms in total. The second-order valence-corrected chi connectivity index (χ2v) is 8.58. The zero-order chi connectivity index (χ0) is 17.3. The van der Waals surface area contributed by atoms with Crippen LogP contribution in [-0.2, 0) is 20.7 Å². The van der Waals surface area contributed by atoms with Crippen molar-refractivity contribution in [1.29, 1.82) is 0 Å². The molecule has 1 aliphatic rings. The van der Waals surface area contributed by atoms with Crippen LogP contribution in [0.4, 0.5) is 4.79 Å². The van der Waals surface area contributed by atoms with Crippen molar-refractivity contribution < 1.29 is 19.1 Å². The van der Waals surface area contributed by atoms with Crippen molar-refractivity contribution in [2.24, 2.45) is 0 Å². The topological polar surface area (TPSA) is 55.8 Å². The lowest BCUT2D eigenvalue weighted by Gasteiger charge is -2.36. The fourth-order valence-corrected chi connectivity index (χ4v) is 4.41. The van der Waals surface area contributed by atoms with E-state index in [0.717, 1.165) is 15.8 Å². The van der Waals surface area contributed by atoms with E-state index in [4.69, 9.17) is 9.47 Å². The summed E-state index contributed by atoms with van der Waals surface area (Å²) in [7, 11) is 1.36. The average molecular weight is 404 g/mol. The molecule has 7 heteroatoms.